The SMILES string of the molecule is COc1cccc2cccc(C(=O)Nc3cnn(CCN(C)C)c3)c12. The second-order valence-corrected chi connectivity index (χ2v) is 6.11. The molecule has 0 saturated heterocycles. The van der Waals surface area contributed by atoms with Crippen LogP contribution in [0.5, 0.6) is 5.75 Å². The average Bonchev–Trinajstić information content (AvgIpc) is 3.06. The molecule has 6 heteroatoms. The number of carbonyl (C=O) groups excluding carboxylic acids is 1. The Hall–Kier alpha value is -2.86. The van der Waals surface area contributed by atoms with Crippen LogP contribution in [0.25, 0.3) is 10.8 Å². The van der Waals surface area contributed by atoms with E-state index in [9.17, 15) is 4.79 Å². The summed E-state index contributed by atoms with van der Waals surface area (Å²) in [4.78, 5) is 14.8. The molecule has 1 aromatic heterocycles. The fourth-order valence-corrected chi connectivity index (χ4v) is 2.72. The monoisotopic (exact) mass is 338 g/mol. The van der Waals surface area contributed by atoms with E-state index in [4.69, 9.17) is 4.74 Å². The molecule has 3 rings (SSSR count). The molecule has 1 amide bonds. The number of nitrogens with one attached hydrogen (secondary N) is 1. The zero-order chi connectivity index (χ0) is 17.8. The molecule has 0 saturated carbocycles. The minimum Gasteiger partial charge on any atom is -0.496 e. The van der Waals surface area contributed by atoms with E-state index in [1.54, 1.807) is 19.4 Å². The molecular weight excluding hydrogens is 316 g/mol. The highest BCUT2D eigenvalue weighted by molar-refractivity contribution is 6.14. The number of amides is 1. The highest BCUT2D eigenvalue weighted by Gasteiger charge is 2.14. The molecule has 6 nitrogen and oxygen atoms in total. The van der Waals surface area contributed by atoms with Crippen molar-refractivity contribution in [1.29, 1.82) is 0 Å². The summed E-state index contributed by atoms with van der Waals surface area (Å²) < 4.78 is 7.24. The number of ether oxygens (including phenoxy) is 1. The van der Waals surface area contributed by atoms with E-state index < -0.39 is 0 Å². The second kappa shape index (κ2) is 7.36. The summed E-state index contributed by atoms with van der Waals surface area (Å²) in [5.74, 6) is 0.507. The first kappa shape index (κ1) is 17.0. The van der Waals surface area contributed by atoms with E-state index in [1.807, 2.05) is 55.3 Å². The van der Waals surface area contributed by atoms with Gasteiger partial charge in [0.2, 0.25) is 0 Å². The third kappa shape index (κ3) is 3.80. The Morgan fingerprint density at radius 2 is 2.00 bits per heavy atom. The van der Waals surface area contributed by atoms with Crippen LogP contribution in [0.1, 0.15) is 10.4 Å². The van der Waals surface area contributed by atoms with Crippen LogP contribution in [0.2, 0.25) is 0 Å². The maximum Gasteiger partial charge on any atom is 0.256 e. The summed E-state index contributed by atoms with van der Waals surface area (Å²) in [6.07, 6.45) is 3.50. The van der Waals surface area contributed by atoms with Gasteiger partial charge in [-0.05, 0) is 31.6 Å². The van der Waals surface area contributed by atoms with E-state index in [-0.39, 0.29) is 5.91 Å². The molecule has 0 aliphatic carbocycles. The summed E-state index contributed by atoms with van der Waals surface area (Å²) in [6, 6.07) is 11.4. The van der Waals surface area contributed by atoms with Crippen LogP contribution < -0.4 is 10.1 Å². The van der Waals surface area contributed by atoms with Crippen LogP contribution in [-0.4, -0.2) is 48.3 Å². The molecule has 0 fully saturated rings. The van der Waals surface area contributed by atoms with Gasteiger partial charge in [0.05, 0.1) is 31.1 Å². The zero-order valence-corrected chi connectivity index (χ0v) is 14.7. The lowest BCUT2D eigenvalue weighted by atomic mass is 10.0. The normalized spacial score (nSPS) is 11.0. The fraction of sp³-hybridized carbons (Fsp3) is 0.263. The number of rotatable bonds is 6. The number of benzene rings is 2. The van der Waals surface area contributed by atoms with Crippen molar-refractivity contribution in [2.75, 3.05) is 33.1 Å². The van der Waals surface area contributed by atoms with Gasteiger partial charge in [0.1, 0.15) is 5.75 Å². The van der Waals surface area contributed by atoms with Crippen molar-refractivity contribution in [2.45, 2.75) is 6.54 Å². The molecule has 130 valence electrons. The molecule has 2 aromatic carbocycles. The van der Waals surface area contributed by atoms with E-state index in [2.05, 4.69) is 15.3 Å². The maximum absolute atomic E-state index is 12.8. The molecule has 0 unspecified atom stereocenters. The van der Waals surface area contributed by atoms with E-state index >= 15 is 0 Å². The van der Waals surface area contributed by atoms with Gasteiger partial charge in [0.25, 0.3) is 5.91 Å². The number of nitrogens with zero attached hydrogens (tertiary/aromatic N) is 3. The van der Waals surface area contributed by atoms with E-state index in [0.717, 1.165) is 23.9 Å². The van der Waals surface area contributed by atoms with Gasteiger partial charge in [-0.15, -0.1) is 0 Å². The van der Waals surface area contributed by atoms with Gasteiger partial charge in [-0.3, -0.25) is 9.48 Å². The van der Waals surface area contributed by atoms with E-state index in [1.165, 1.54) is 0 Å². The maximum atomic E-state index is 12.8. The molecular formula is C19H22N4O2. The van der Waals surface area contributed by atoms with Crippen LogP contribution in [0.4, 0.5) is 5.69 Å². The number of fused-ring (bicyclic) bond motifs is 1. The van der Waals surface area contributed by atoms with Crippen LogP contribution in [0, 0.1) is 0 Å². The van der Waals surface area contributed by atoms with Crippen molar-refractivity contribution in [2.24, 2.45) is 0 Å². The predicted molar refractivity (Wildman–Crippen MR) is 99.2 cm³/mol. The lowest BCUT2D eigenvalue weighted by Crippen LogP contribution is -2.18. The first-order valence-electron chi connectivity index (χ1n) is 8.13. The smallest absolute Gasteiger partial charge is 0.256 e. The highest BCUT2D eigenvalue weighted by Crippen LogP contribution is 2.29. The molecule has 0 bridgehead atoms. The highest BCUT2D eigenvalue weighted by atomic mass is 16.5. The Labute approximate surface area is 147 Å². The van der Waals surface area contributed by atoms with Gasteiger partial charge in [0, 0.05) is 18.1 Å². The second-order valence-electron chi connectivity index (χ2n) is 6.11. The number of anilines is 1. The van der Waals surface area contributed by atoms with Gasteiger partial charge < -0.3 is 15.0 Å². The molecule has 0 aliphatic rings. The van der Waals surface area contributed by atoms with Gasteiger partial charge >= 0.3 is 0 Å². The quantitative estimate of drug-likeness (QED) is 0.751. The lowest BCUT2D eigenvalue weighted by Gasteiger charge is -2.10. The lowest BCUT2D eigenvalue weighted by molar-refractivity contribution is 0.102. The Kier molecular flexibility index (Phi) is 5.00. The number of aromatic nitrogens is 2. The van der Waals surface area contributed by atoms with E-state index in [0.29, 0.717) is 17.0 Å². The van der Waals surface area contributed by atoms with Crippen molar-refractivity contribution < 1.29 is 9.53 Å². The number of methoxy groups -OCH3 is 1. The van der Waals surface area contributed by atoms with Gasteiger partial charge in [-0.25, -0.2) is 0 Å². The number of hydrogen-bond donors (Lipinski definition) is 1. The number of carbonyl (C=O) groups is 1. The summed E-state index contributed by atoms with van der Waals surface area (Å²) in [5.41, 5.74) is 1.26. The molecule has 25 heavy (non-hydrogen) atoms. The number of likely N-dealkylation sites (N-methyl/N-ethyl adjacent to an activating group) is 1. The Morgan fingerprint density at radius 1 is 1.24 bits per heavy atom. The molecule has 0 radical (unpaired) electrons. The molecule has 3 aromatic rings. The third-order valence-corrected chi connectivity index (χ3v) is 4.00. The number of hydrogen-bond acceptors (Lipinski definition) is 4. The third-order valence-electron chi connectivity index (χ3n) is 4.00. The Bertz CT molecular complexity index is 881. The standard InChI is InChI=1S/C19H22N4O2/c1-22(2)10-11-23-13-15(12-20-23)21-19(24)16-8-4-6-14-7-5-9-17(25-3)18(14)16/h4-9,12-13H,10-11H2,1-3H3,(H,21,24). The van der Waals surface area contributed by atoms with Gasteiger partial charge in [-0.2, -0.15) is 5.10 Å². The molecule has 1 heterocycles. The average molecular weight is 338 g/mol. The largest absolute Gasteiger partial charge is 0.496 e. The predicted octanol–water partition coefficient (Wildman–Crippen LogP) is 2.86. The van der Waals surface area contributed by atoms with Gasteiger partial charge in [-0.1, -0.05) is 24.3 Å². The summed E-state index contributed by atoms with van der Waals surface area (Å²) in [6.45, 7) is 1.65. The molecule has 0 aliphatic heterocycles. The Morgan fingerprint density at radius 3 is 2.72 bits per heavy atom. The van der Waals surface area contributed by atoms with Crippen molar-refractivity contribution in [3.05, 3.63) is 54.4 Å². The van der Waals surface area contributed by atoms with Crippen molar-refractivity contribution in [3.63, 3.8) is 0 Å². The first-order valence-corrected chi connectivity index (χ1v) is 8.13. The van der Waals surface area contributed by atoms with Crippen LogP contribution in [0.15, 0.2) is 48.8 Å². The summed E-state index contributed by atoms with van der Waals surface area (Å²) in [5, 5.41) is 8.98. The fourth-order valence-electron chi connectivity index (χ4n) is 2.72. The first-order chi connectivity index (χ1) is 12.1. The van der Waals surface area contributed by atoms with Crippen LogP contribution in [0.3, 0.4) is 0 Å². The van der Waals surface area contributed by atoms with Gasteiger partial charge in [0.15, 0.2) is 0 Å². The Balaban J connectivity index is 1.83. The minimum absolute atomic E-state index is 0.178. The van der Waals surface area contributed by atoms with Crippen molar-refractivity contribution in [1.82, 2.24) is 14.7 Å². The topological polar surface area (TPSA) is 59.4 Å². The van der Waals surface area contributed by atoms with Crippen molar-refractivity contribution in [3.8, 4) is 5.75 Å². The zero-order valence-electron chi connectivity index (χ0n) is 14.7. The van der Waals surface area contributed by atoms with Crippen LogP contribution in [-0.2, 0) is 6.54 Å². The summed E-state index contributed by atoms with van der Waals surface area (Å²) in [7, 11) is 5.64. The molecule has 1 N–H and O–H groups in total. The summed E-state index contributed by atoms with van der Waals surface area (Å²) >= 11 is 0. The van der Waals surface area contributed by atoms with Crippen molar-refractivity contribution >= 4 is 22.4 Å². The molecule has 0 spiro atoms. The molecule has 0 atom stereocenters. The minimum atomic E-state index is -0.178. The van der Waals surface area contributed by atoms with Crippen LogP contribution >= 0.6 is 0 Å².